The van der Waals surface area contributed by atoms with Gasteiger partial charge in [0.15, 0.2) is 0 Å². The summed E-state index contributed by atoms with van der Waals surface area (Å²) in [4.78, 5) is 23.9. The summed E-state index contributed by atoms with van der Waals surface area (Å²) in [6, 6.07) is 9.77. The van der Waals surface area contributed by atoms with Crippen LogP contribution in [-0.4, -0.2) is 23.3 Å². The van der Waals surface area contributed by atoms with Crippen molar-refractivity contribution in [3.63, 3.8) is 0 Å². The van der Waals surface area contributed by atoms with E-state index in [2.05, 4.69) is 0 Å². The van der Waals surface area contributed by atoms with E-state index >= 15 is 0 Å². The molecule has 1 aromatic rings. The number of nitrogens with two attached hydrogens (primary N) is 1. The number of rotatable bonds is 5. The highest BCUT2D eigenvalue weighted by atomic mass is 16.2. The Morgan fingerprint density at radius 2 is 1.45 bits per heavy atom. The zero-order valence-electron chi connectivity index (χ0n) is 14.1. The van der Waals surface area contributed by atoms with E-state index in [1.165, 1.54) is 17.1 Å². The van der Waals surface area contributed by atoms with Crippen molar-refractivity contribution in [1.82, 2.24) is 4.90 Å². The van der Waals surface area contributed by atoms with Crippen molar-refractivity contribution < 1.29 is 9.59 Å². The van der Waals surface area contributed by atoms with E-state index in [-0.39, 0.29) is 17.9 Å². The second-order valence-electron chi connectivity index (χ2n) is 4.32. The lowest BCUT2D eigenvalue weighted by Crippen LogP contribution is -2.31. The van der Waals surface area contributed by atoms with Crippen molar-refractivity contribution in [2.75, 3.05) is 6.54 Å². The van der Waals surface area contributed by atoms with Crippen LogP contribution in [-0.2, 0) is 9.59 Å². The van der Waals surface area contributed by atoms with E-state index in [4.69, 9.17) is 5.73 Å². The Labute approximate surface area is 134 Å². The summed E-state index contributed by atoms with van der Waals surface area (Å²) in [5, 5.41) is 0. The SMILES string of the molecule is CC.CC.NC(CCCN1C(=O)C=CC1=O)c1ccccc1. The third-order valence-electron chi connectivity index (χ3n) is 3.03. The van der Waals surface area contributed by atoms with Gasteiger partial charge in [0.1, 0.15) is 0 Å². The number of amides is 2. The molecular weight excluding hydrogens is 276 g/mol. The number of carbonyl (C=O) groups is 2. The van der Waals surface area contributed by atoms with Gasteiger partial charge in [0.25, 0.3) is 11.8 Å². The summed E-state index contributed by atoms with van der Waals surface area (Å²) >= 11 is 0. The highest BCUT2D eigenvalue weighted by Crippen LogP contribution is 2.16. The van der Waals surface area contributed by atoms with Crippen molar-refractivity contribution >= 4 is 11.8 Å². The maximum Gasteiger partial charge on any atom is 0.253 e. The molecule has 0 saturated heterocycles. The maximum absolute atomic E-state index is 11.3. The minimum Gasteiger partial charge on any atom is -0.324 e. The molecule has 1 atom stereocenters. The number of carbonyl (C=O) groups excluding carboxylic acids is 2. The van der Waals surface area contributed by atoms with E-state index in [0.717, 1.165) is 18.4 Å². The first-order chi connectivity index (χ1) is 10.7. The lowest BCUT2D eigenvalue weighted by atomic mass is 10.0. The average molecular weight is 304 g/mol. The number of imide groups is 1. The van der Waals surface area contributed by atoms with Crippen molar-refractivity contribution in [3.05, 3.63) is 48.0 Å². The molecule has 0 aromatic heterocycles. The Kier molecular flexibility index (Phi) is 10.7. The van der Waals surface area contributed by atoms with E-state index in [0.29, 0.717) is 6.54 Å². The Morgan fingerprint density at radius 1 is 0.955 bits per heavy atom. The summed E-state index contributed by atoms with van der Waals surface area (Å²) in [6.45, 7) is 8.44. The molecule has 0 aliphatic carbocycles. The van der Waals surface area contributed by atoms with Gasteiger partial charge in [0.05, 0.1) is 0 Å². The van der Waals surface area contributed by atoms with Crippen LogP contribution in [0.5, 0.6) is 0 Å². The fourth-order valence-corrected chi connectivity index (χ4v) is 1.99. The minimum absolute atomic E-state index is 0.0491. The van der Waals surface area contributed by atoms with E-state index < -0.39 is 0 Å². The second-order valence-corrected chi connectivity index (χ2v) is 4.32. The van der Waals surface area contributed by atoms with Gasteiger partial charge in [-0.25, -0.2) is 0 Å². The predicted octanol–water partition coefficient (Wildman–Crippen LogP) is 3.44. The molecule has 0 bridgehead atoms. The number of nitrogens with zero attached hydrogens (tertiary/aromatic N) is 1. The highest BCUT2D eigenvalue weighted by molar-refractivity contribution is 6.12. The molecule has 4 nitrogen and oxygen atoms in total. The van der Waals surface area contributed by atoms with Crippen molar-refractivity contribution in [3.8, 4) is 0 Å². The van der Waals surface area contributed by atoms with E-state index in [9.17, 15) is 9.59 Å². The van der Waals surface area contributed by atoms with Gasteiger partial charge in [-0.1, -0.05) is 58.0 Å². The summed E-state index contributed by atoms with van der Waals surface area (Å²) in [5.74, 6) is -0.457. The highest BCUT2D eigenvalue weighted by Gasteiger charge is 2.22. The predicted molar refractivity (Wildman–Crippen MR) is 91.2 cm³/mol. The number of benzene rings is 1. The molecule has 0 saturated carbocycles. The second kappa shape index (κ2) is 11.7. The zero-order valence-corrected chi connectivity index (χ0v) is 14.1. The van der Waals surface area contributed by atoms with Gasteiger partial charge in [-0.2, -0.15) is 0 Å². The molecule has 2 amide bonds. The average Bonchev–Trinajstić information content (AvgIpc) is 2.91. The van der Waals surface area contributed by atoms with E-state index in [1.807, 2.05) is 58.0 Å². The molecule has 1 aliphatic heterocycles. The smallest absolute Gasteiger partial charge is 0.253 e. The molecule has 22 heavy (non-hydrogen) atoms. The molecule has 1 unspecified atom stereocenters. The monoisotopic (exact) mass is 304 g/mol. The standard InChI is InChI=1S/C14H16N2O2.2C2H6/c15-12(11-5-2-1-3-6-11)7-4-10-16-13(17)8-9-14(16)18;2*1-2/h1-3,5-6,8-9,12H,4,7,10,15H2;2*1-2H3. The first-order valence-electron chi connectivity index (χ1n) is 8.02. The Balaban J connectivity index is 0.00000102. The van der Waals surface area contributed by atoms with Crippen LogP contribution in [0.1, 0.15) is 52.1 Å². The van der Waals surface area contributed by atoms with Crippen molar-refractivity contribution in [2.45, 2.75) is 46.6 Å². The summed E-state index contributed by atoms with van der Waals surface area (Å²) < 4.78 is 0. The van der Waals surface area contributed by atoms with Gasteiger partial charge < -0.3 is 5.73 Å². The molecule has 0 radical (unpaired) electrons. The van der Waals surface area contributed by atoms with Crippen LogP contribution in [0.25, 0.3) is 0 Å². The van der Waals surface area contributed by atoms with Gasteiger partial charge in [0, 0.05) is 24.7 Å². The lowest BCUT2D eigenvalue weighted by Gasteiger charge is -2.16. The maximum atomic E-state index is 11.3. The zero-order chi connectivity index (χ0) is 17.0. The third-order valence-corrected chi connectivity index (χ3v) is 3.03. The summed E-state index contributed by atoms with van der Waals surface area (Å²) in [7, 11) is 0. The van der Waals surface area contributed by atoms with Gasteiger partial charge in [-0.05, 0) is 18.4 Å². The molecule has 1 heterocycles. The van der Waals surface area contributed by atoms with Crippen LogP contribution >= 0.6 is 0 Å². The van der Waals surface area contributed by atoms with E-state index in [1.54, 1.807) is 0 Å². The quantitative estimate of drug-likeness (QED) is 0.847. The lowest BCUT2D eigenvalue weighted by molar-refractivity contribution is -0.136. The Hall–Kier alpha value is -1.94. The summed E-state index contributed by atoms with van der Waals surface area (Å²) in [6.07, 6.45) is 4.08. The molecule has 1 aromatic carbocycles. The van der Waals surface area contributed by atoms with Gasteiger partial charge in [0.2, 0.25) is 0 Å². The molecule has 2 rings (SSSR count). The molecule has 0 spiro atoms. The Bertz CT molecular complexity index is 451. The topological polar surface area (TPSA) is 63.4 Å². The van der Waals surface area contributed by atoms with Gasteiger partial charge in [-0.15, -0.1) is 0 Å². The molecular formula is C18H28N2O2. The minimum atomic E-state index is -0.228. The fraction of sp³-hybridized carbons (Fsp3) is 0.444. The molecule has 122 valence electrons. The largest absolute Gasteiger partial charge is 0.324 e. The number of hydrogen-bond acceptors (Lipinski definition) is 3. The fourth-order valence-electron chi connectivity index (χ4n) is 1.99. The van der Waals surface area contributed by atoms with Crippen LogP contribution < -0.4 is 5.73 Å². The third kappa shape index (κ3) is 6.22. The van der Waals surface area contributed by atoms with Crippen molar-refractivity contribution in [1.29, 1.82) is 0 Å². The number of hydrogen-bond donors (Lipinski definition) is 1. The molecule has 4 heteroatoms. The van der Waals surface area contributed by atoms with Crippen LogP contribution in [0.15, 0.2) is 42.5 Å². The molecule has 2 N–H and O–H groups in total. The van der Waals surface area contributed by atoms with Crippen LogP contribution in [0.2, 0.25) is 0 Å². The van der Waals surface area contributed by atoms with Crippen molar-refractivity contribution in [2.24, 2.45) is 5.73 Å². The van der Waals surface area contributed by atoms with Crippen LogP contribution in [0.4, 0.5) is 0 Å². The molecule has 1 aliphatic rings. The van der Waals surface area contributed by atoms with Crippen LogP contribution in [0.3, 0.4) is 0 Å². The first kappa shape index (κ1) is 20.1. The first-order valence-corrected chi connectivity index (χ1v) is 8.02. The normalized spacial score (nSPS) is 14.0. The Morgan fingerprint density at radius 3 is 1.95 bits per heavy atom. The molecule has 0 fully saturated rings. The van der Waals surface area contributed by atoms with Crippen LogP contribution in [0, 0.1) is 0 Å². The summed E-state index contributed by atoms with van der Waals surface area (Å²) in [5.41, 5.74) is 7.12. The van der Waals surface area contributed by atoms with Gasteiger partial charge in [-0.3, -0.25) is 14.5 Å². The van der Waals surface area contributed by atoms with Gasteiger partial charge >= 0.3 is 0 Å².